The highest BCUT2D eigenvalue weighted by molar-refractivity contribution is 9.10. The normalized spacial score (nSPS) is 21.1. The fourth-order valence-electron chi connectivity index (χ4n) is 1.64. The Balaban J connectivity index is 2.30. The van der Waals surface area contributed by atoms with Gasteiger partial charge < -0.3 is 10.6 Å². The second kappa shape index (κ2) is 4.12. The van der Waals surface area contributed by atoms with Gasteiger partial charge in [0.25, 0.3) is 0 Å². The summed E-state index contributed by atoms with van der Waals surface area (Å²) < 4.78 is 0.823. The van der Waals surface area contributed by atoms with E-state index < -0.39 is 0 Å². The summed E-state index contributed by atoms with van der Waals surface area (Å²) in [5.41, 5.74) is 6.52. The molecular formula is C10H10BrClN2O. The molecule has 0 aliphatic carbocycles. The van der Waals surface area contributed by atoms with E-state index in [1.807, 2.05) is 12.1 Å². The van der Waals surface area contributed by atoms with Crippen molar-refractivity contribution >= 4 is 39.1 Å². The first-order valence-corrected chi connectivity index (χ1v) is 5.76. The molecule has 0 spiro atoms. The lowest BCUT2D eigenvalue weighted by molar-refractivity contribution is -0.117. The van der Waals surface area contributed by atoms with Gasteiger partial charge in [-0.15, -0.1) is 0 Å². The van der Waals surface area contributed by atoms with Crippen molar-refractivity contribution in [1.82, 2.24) is 0 Å². The predicted octanol–water partition coefficient (Wildman–Crippen LogP) is 2.17. The minimum atomic E-state index is -0.0695. The van der Waals surface area contributed by atoms with Crippen molar-refractivity contribution in [2.24, 2.45) is 5.73 Å². The van der Waals surface area contributed by atoms with E-state index >= 15 is 0 Å². The molecule has 1 aromatic carbocycles. The lowest BCUT2D eigenvalue weighted by Crippen LogP contribution is -2.27. The predicted molar refractivity (Wildman–Crippen MR) is 64.1 cm³/mol. The molecule has 1 heterocycles. The molecule has 2 N–H and O–H groups in total. The molecule has 1 amide bonds. The zero-order chi connectivity index (χ0) is 11.0. The van der Waals surface area contributed by atoms with E-state index in [0.717, 1.165) is 10.2 Å². The highest BCUT2D eigenvalue weighted by Gasteiger charge is 2.28. The van der Waals surface area contributed by atoms with Crippen LogP contribution in [0.1, 0.15) is 6.42 Å². The maximum atomic E-state index is 11.6. The van der Waals surface area contributed by atoms with Crippen molar-refractivity contribution in [3.8, 4) is 0 Å². The maximum absolute atomic E-state index is 11.6. The number of benzene rings is 1. The molecule has 1 saturated heterocycles. The van der Waals surface area contributed by atoms with Gasteiger partial charge in [0.05, 0.1) is 5.02 Å². The van der Waals surface area contributed by atoms with Crippen molar-refractivity contribution in [3.05, 3.63) is 27.7 Å². The Morgan fingerprint density at radius 2 is 2.27 bits per heavy atom. The van der Waals surface area contributed by atoms with Gasteiger partial charge in [-0.25, -0.2) is 0 Å². The minimum absolute atomic E-state index is 0.0564. The van der Waals surface area contributed by atoms with Gasteiger partial charge in [0.2, 0.25) is 5.91 Å². The van der Waals surface area contributed by atoms with Gasteiger partial charge in [-0.1, -0.05) is 11.6 Å². The molecule has 2 rings (SSSR count). The van der Waals surface area contributed by atoms with Crippen LogP contribution < -0.4 is 10.6 Å². The molecule has 0 radical (unpaired) electrons. The average Bonchev–Trinajstić information content (AvgIpc) is 2.50. The fourth-order valence-corrected chi connectivity index (χ4v) is 2.06. The standard InChI is InChI=1S/C10H10BrClN2O/c11-8-2-1-7(4-9(8)12)14-5-6(13)3-10(14)15/h1-2,4,6H,3,5,13H2. The second-order valence-electron chi connectivity index (χ2n) is 3.57. The van der Waals surface area contributed by atoms with E-state index in [0.29, 0.717) is 18.0 Å². The van der Waals surface area contributed by atoms with E-state index in [9.17, 15) is 4.79 Å². The molecular weight excluding hydrogens is 279 g/mol. The monoisotopic (exact) mass is 288 g/mol. The van der Waals surface area contributed by atoms with Crippen LogP contribution in [0.3, 0.4) is 0 Å². The smallest absolute Gasteiger partial charge is 0.228 e. The van der Waals surface area contributed by atoms with Crippen molar-refractivity contribution in [2.75, 3.05) is 11.4 Å². The number of carbonyl (C=O) groups excluding carboxylic acids is 1. The number of hydrogen-bond donors (Lipinski definition) is 1. The zero-order valence-electron chi connectivity index (χ0n) is 7.91. The third-order valence-electron chi connectivity index (χ3n) is 2.37. The number of hydrogen-bond acceptors (Lipinski definition) is 2. The number of anilines is 1. The van der Waals surface area contributed by atoms with Crippen LogP contribution >= 0.6 is 27.5 Å². The number of nitrogens with two attached hydrogens (primary N) is 1. The quantitative estimate of drug-likeness (QED) is 0.861. The molecule has 1 aliphatic rings. The summed E-state index contributed by atoms with van der Waals surface area (Å²) in [7, 11) is 0. The summed E-state index contributed by atoms with van der Waals surface area (Å²) in [4.78, 5) is 13.2. The van der Waals surface area contributed by atoms with Crippen LogP contribution in [0, 0.1) is 0 Å². The molecule has 1 atom stereocenters. The Bertz CT molecular complexity index is 410. The van der Waals surface area contributed by atoms with Crippen LogP contribution in [0.15, 0.2) is 22.7 Å². The number of amides is 1. The fraction of sp³-hybridized carbons (Fsp3) is 0.300. The topological polar surface area (TPSA) is 46.3 Å². The molecule has 0 bridgehead atoms. The van der Waals surface area contributed by atoms with Crippen molar-refractivity contribution in [2.45, 2.75) is 12.5 Å². The van der Waals surface area contributed by atoms with E-state index in [4.69, 9.17) is 17.3 Å². The highest BCUT2D eigenvalue weighted by Crippen LogP contribution is 2.29. The average molecular weight is 290 g/mol. The van der Waals surface area contributed by atoms with Crippen LogP contribution in [-0.4, -0.2) is 18.5 Å². The summed E-state index contributed by atoms with van der Waals surface area (Å²) >= 11 is 9.27. The van der Waals surface area contributed by atoms with E-state index in [2.05, 4.69) is 15.9 Å². The van der Waals surface area contributed by atoms with Gasteiger partial charge in [0.1, 0.15) is 0 Å². The molecule has 0 saturated carbocycles. The number of carbonyl (C=O) groups is 1. The number of rotatable bonds is 1. The van der Waals surface area contributed by atoms with E-state index in [1.54, 1.807) is 11.0 Å². The highest BCUT2D eigenvalue weighted by atomic mass is 79.9. The van der Waals surface area contributed by atoms with Crippen molar-refractivity contribution in [1.29, 1.82) is 0 Å². The van der Waals surface area contributed by atoms with Gasteiger partial charge in [0, 0.05) is 29.2 Å². The Labute approximate surface area is 101 Å². The van der Waals surface area contributed by atoms with E-state index in [1.165, 1.54) is 0 Å². The summed E-state index contributed by atoms with van der Waals surface area (Å²) in [6.45, 7) is 0.566. The number of halogens is 2. The Morgan fingerprint density at radius 3 is 2.80 bits per heavy atom. The van der Waals surface area contributed by atoms with E-state index in [-0.39, 0.29) is 11.9 Å². The Kier molecular flexibility index (Phi) is 3.00. The third kappa shape index (κ3) is 2.17. The summed E-state index contributed by atoms with van der Waals surface area (Å²) in [6.07, 6.45) is 0.410. The van der Waals surface area contributed by atoms with Crippen molar-refractivity contribution < 1.29 is 4.79 Å². The Hall–Kier alpha value is -0.580. The summed E-state index contributed by atoms with van der Waals surface area (Å²) in [5.74, 6) is 0.0564. The third-order valence-corrected chi connectivity index (χ3v) is 3.60. The summed E-state index contributed by atoms with van der Waals surface area (Å²) in [6, 6.07) is 5.38. The largest absolute Gasteiger partial charge is 0.326 e. The van der Waals surface area contributed by atoms with Crippen LogP contribution in [-0.2, 0) is 4.79 Å². The van der Waals surface area contributed by atoms with Crippen LogP contribution in [0.2, 0.25) is 5.02 Å². The minimum Gasteiger partial charge on any atom is -0.326 e. The molecule has 0 aromatic heterocycles. The van der Waals surface area contributed by atoms with Crippen LogP contribution in [0.25, 0.3) is 0 Å². The van der Waals surface area contributed by atoms with Gasteiger partial charge >= 0.3 is 0 Å². The van der Waals surface area contributed by atoms with Crippen LogP contribution in [0.5, 0.6) is 0 Å². The van der Waals surface area contributed by atoms with Gasteiger partial charge in [0.15, 0.2) is 0 Å². The Morgan fingerprint density at radius 1 is 1.53 bits per heavy atom. The molecule has 1 unspecified atom stereocenters. The SMILES string of the molecule is NC1CC(=O)N(c2ccc(Br)c(Cl)c2)C1. The van der Waals surface area contributed by atoms with Crippen molar-refractivity contribution in [3.63, 3.8) is 0 Å². The zero-order valence-corrected chi connectivity index (χ0v) is 10.3. The molecule has 5 heteroatoms. The molecule has 15 heavy (non-hydrogen) atoms. The first-order chi connectivity index (χ1) is 7.08. The second-order valence-corrected chi connectivity index (χ2v) is 4.83. The first kappa shape index (κ1) is 10.9. The molecule has 1 fully saturated rings. The lowest BCUT2D eigenvalue weighted by atomic mass is 10.3. The molecule has 80 valence electrons. The van der Waals surface area contributed by atoms with Gasteiger partial charge in [-0.3, -0.25) is 4.79 Å². The summed E-state index contributed by atoms with van der Waals surface area (Å²) in [5, 5.41) is 0.598. The first-order valence-electron chi connectivity index (χ1n) is 4.59. The lowest BCUT2D eigenvalue weighted by Gasteiger charge is -2.16. The van der Waals surface area contributed by atoms with Gasteiger partial charge in [-0.2, -0.15) is 0 Å². The molecule has 1 aromatic rings. The number of nitrogens with zero attached hydrogens (tertiary/aromatic N) is 1. The molecule has 3 nitrogen and oxygen atoms in total. The maximum Gasteiger partial charge on any atom is 0.228 e. The molecule has 1 aliphatic heterocycles. The van der Waals surface area contributed by atoms with Gasteiger partial charge in [-0.05, 0) is 34.1 Å². The van der Waals surface area contributed by atoms with Crippen LogP contribution in [0.4, 0.5) is 5.69 Å².